The highest BCUT2D eigenvalue weighted by molar-refractivity contribution is 7.99. The van der Waals surface area contributed by atoms with Gasteiger partial charge in [0.15, 0.2) is 37.7 Å². The van der Waals surface area contributed by atoms with Gasteiger partial charge in [-0.25, -0.2) is 0 Å². The highest BCUT2D eigenvalue weighted by Crippen LogP contribution is 2.39. The number of unbranched alkanes of at least 4 members (excludes halogenated alkanes) is 16. The van der Waals surface area contributed by atoms with Crippen LogP contribution in [0.2, 0.25) is 0 Å². The van der Waals surface area contributed by atoms with Gasteiger partial charge in [-0.05, 0) is 24.3 Å². The first-order chi connectivity index (χ1) is 42.4. The molecule has 0 amide bonds. The van der Waals surface area contributed by atoms with Gasteiger partial charge in [-0.15, -0.1) is 0 Å². The average Bonchev–Trinajstić information content (AvgIpc) is 2.22. The predicted molar refractivity (Wildman–Crippen MR) is 311 cm³/mol. The van der Waals surface area contributed by atoms with E-state index in [1.54, 1.807) is 0 Å². The van der Waals surface area contributed by atoms with E-state index in [1.165, 1.54) is 62.0 Å². The maximum Gasteiger partial charge on any atom is 0.187 e. The van der Waals surface area contributed by atoms with Crippen LogP contribution < -0.4 is 0 Å². The third kappa shape index (κ3) is 19.4. The molecule has 0 unspecified atom stereocenters. The van der Waals surface area contributed by atoms with Gasteiger partial charge in [-0.3, -0.25) is 0 Å². The molecular weight excluding hydrogens is 1210 g/mol. The second kappa shape index (κ2) is 37.8. The minimum atomic E-state index is -2.09. The SMILES string of the molecule is CCCCCCCCCCCSC[C@H]1O[C@@H]2O[C@H]3[C@H](O)[C@@H](O)[C@@H](O[C@H]4[C@H](O)[C@@H](O)[C@@H](O[C@H]5[C@H](O)[C@@H](O)[C@@H](O[C@H]6[C@H](O)[C@@H](O)[C@@H](O[C@H]7[C@H](O)[C@@H](O)[C@@H](O[C@H]1[C@H](O)[C@H]2O)O[C@@H]7CO)O[C@@H]6CO)O[C@@H]5CSCCCCCCCCCCC)O[C@@H]4CO)O[C@@H]3CO. The van der Waals surface area contributed by atoms with Crippen LogP contribution in [0.15, 0.2) is 0 Å². The van der Waals surface area contributed by atoms with E-state index >= 15 is 0 Å². The van der Waals surface area contributed by atoms with Crippen LogP contribution in [0.4, 0.5) is 0 Å². The summed E-state index contributed by atoms with van der Waals surface area (Å²) in [4.78, 5) is 0. The van der Waals surface area contributed by atoms with Crippen LogP contribution in [0.25, 0.3) is 0 Å². The lowest BCUT2D eigenvalue weighted by Crippen LogP contribution is -2.69. The summed E-state index contributed by atoms with van der Waals surface area (Å²) < 4.78 is 72.5. The molecule has 516 valence electrons. The molecule has 12 bridgehead atoms. The van der Waals surface area contributed by atoms with E-state index in [-0.39, 0.29) is 11.5 Å². The van der Waals surface area contributed by atoms with Crippen LogP contribution in [0.3, 0.4) is 0 Å². The Labute approximate surface area is 523 Å². The van der Waals surface area contributed by atoms with Crippen molar-refractivity contribution in [2.24, 2.45) is 0 Å². The van der Waals surface area contributed by atoms with Crippen molar-refractivity contribution in [1.29, 1.82) is 0 Å². The Balaban J connectivity index is 1.14. The first kappa shape index (κ1) is 75.0. The molecule has 0 spiro atoms. The lowest BCUT2D eigenvalue weighted by Gasteiger charge is -2.51. The maximum absolute atomic E-state index is 11.9. The van der Waals surface area contributed by atoms with Crippen LogP contribution >= 0.6 is 23.5 Å². The van der Waals surface area contributed by atoms with Gasteiger partial charge in [-0.1, -0.05) is 117 Å². The Bertz CT molecular complexity index is 1780. The molecule has 0 aliphatic carbocycles. The zero-order valence-electron chi connectivity index (χ0n) is 50.6. The van der Waals surface area contributed by atoms with Crippen molar-refractivity contribution in [3.63, 3.8) is 0 Å². The number of ether oxygens (including phenoxy) is 12. The number of aliphatic hydroxyl groups is 16. The van der Waals surface area contributed by atoms with Gasteiger partial charge >= 0.3 is 0 Å². The highest BCUT2D eigenvalue weighted by atomic mass is 32.2. The van der Waals surface area contributed by atoms with Gasteiger partial charge in [0, 0.05) is 11.5 Å². The average molecular weight is 1310 g/mol. The van der Waals surface area contributed by atoms with E-state index in [0.717, 1.165) is 77.0 Å². The number of aliphatic hydroxyl groups excluding tert-OH is 16. The van der Waals surface area contributed by atoms with Crippen molar-refractivity contribution >= 4 is 23.5 Å². The molecule has 22 aliphatic rings. The summed E-state index contributed by atoms with van der Waals surface area (Å²) in [6, 6.07) is 0. The molecule has 30 atom stereocenters. The minimum Gasteiger partial charge on any atom is -0.394 e. The van der Waals surface area contributed by atoms with Crippen LogP contribution in [-0.2, 0) is 56.8 Å². The van der Waals surface area contributed by atoms with E-state index < -0.39 is 211 Å². The summed E-state index contributed by atoms with van der Waals surface area (Å²) in [5, 5.41) is 183. The van der Waals surface area contributed by atoms with Crippen molar-refractivity contribution in [2.75, 3.05) is 49.4 Å². The molecule has 0 radical (unpaired) electrons. The van der Waals surface area contributed by atoms with E-state index in [0.29, 0.717) is 11.5 Å². The largest absolute Gasteiger partial charge is 0.394 e. The molecule has 16 N–H and O–H groups in total. The molecule has 22 aliphatic heterocycles. The van der Waals surface area contributed by atoms with Gasteiger partial charge in [0.05, 0.1) is 38.6 Å². The summed E-state index contributed by atoms with van der Waals surface area (Å²) in [5.41, 5.74) is 0. The van der Waals surface area contributed by atoms with E-state index in [4.69, 9.17) is 56.8 Å². The molecule has 0 aromatic heterocycles. The van der Waals surface area contributed by atoms with Gasteiger partial charge < -0.3 is 139 Å². The number of rotatable bonds is 28. The number of thioether (sulfide) groups is 2. The molecule has 28 nitrogen and oxygen atoms in total. The first-order valence-electron chi connectivity index (χ1n) is 32.0. The zero-order valence-corrected chi connectivity index (χ0v) is 52.2. The highest BCUT2D eigenvalue weighted by Gasteiger charge is 2.59. The lowest BCUT2D eigenvalue weighted by molar-refractivity contribution is -0.401. The fourth-order valence-electron chi connectivity index (χ4n) is 12.3. The van der Waals surface area contributed by atoms with Gasteiger partial charge in [-0.2, -0.15) is 23.5 Å². The second-order valence-electron chi connectivity index (χ2n) is 24.3. The van der Waals surface area contributed by atoms with Crippen LogP contribution in [0, 0.1) is 0 Å². The van der Waals surface area contributed by atoms with E-state index in [1.807, 2.05) is 0 Å². The molecule has 0 aromatic carbocycles. The predicted octanol–water partition coefficient (Wildman–Crippen LogP) is -2.51. The molecule has 88 heavy (non-hydrogen) atoms. The monoisotopic (exact) mass is 1310 g/mol. The van der Waals surface area contributed by atoms with E-state index in [9.17, 15) is 81.7 Å². The molecule has 22 heterocycles. The topological polar surface area (TPSA) is 434 Å². The third-order valence-electron chi connectivity index (χ3n) is 17.7. The molecule has 0 aromatic rings. The maximum atomic E-state index is 11.9. The quantitative estimate of drug-likeness (QED) is 0.0360. The number of hydrogen-bond acceptors (Lipinski definition) is 30. The molecule has 22 rings (SSSR count). The summed E-state index contributed by atoms with van der Waals surface area (Å²) in [6.45, 7) is 0.617. The smallest absolute Gasteiger partial charge is 0.187 e. The second-order valence-corrected chi connectivity index (χ2v) is 26.6. The van der Waals surface area contributed by atoms with Crippen molar-refractivity contribution in [3.8, 4) is 0 Å². The van der Waals surface area contributed by atoms with E-state index in [2.05, 4.69) is 13.8 Å². The zero-order chi connectivity index (χ0) is 63.6. The van der Waals surface area contributed by atoms with Crippen LogP contribution in [0.5, 0.6) is 0 Å². The Morgan fingerprint density at radius 2 is 0.409 bits per heavy atom. The van der Waals surface area contributed by atoms with Gasteiger partial charge in [0.2, 0.25) is 0 Å². The molecule has 22 saturated heterocycles. The third-order valence-corrected chi connectivity index (χ3v) is 19.9. The van der Waals surface area contributed by atoms with Crippen LogP contribution in [0.1, 0.15) is 129 Å². The molecule has 30 heteroatoms. The Morgan fingerprint density at radius 1 is 0.227 bits per heavy atom. The van der Waals surface area contributed by atoms with Crippen LogP contribution in [-0.4, -0.2) is 315 Å². The standard InChI is InChI=1S/C58H104O28S2/c1-3-5-7-9-11-13-15-17-19-21-87-27-33-51-39(67)45(73)57(79-33)83-49-31(25-61)75-53(41(69)35(49)63)82-48-30(24-60)78-56(44(72)38(48)66)86-52-34(28-88-22-20-18-16-14-12-10-8-6-4-2)80-58(46(74)40(52)68)84-50-32(26-62)76-54(42(70)36(50)64)81-47-29(23-59)77-55(85-51)43(71)37(47)65/h29-74H,3-28H2,1-2H3/t29-,30-,31-,32-,33-,34-,35-,36-,37-,38-,39-,40-,41-,42-,43-,44-,45-,46-,47-,48-,49-,50-,51-,52-,53-,54-,55-,56-,57-,58-/m1/s1. The normalized spacial score (nSPS) is 44.5. The van der Waals surface area contributed by atoms with Crippen molar-refractivity contribution in [2.45, 2.75) is 314 Å². The lowest BCUT2D eigenvalue weighted by atomic mass is 9.95. The van der Waals surface area contributed by atoms with Gasteiger partial charge in [0.1, 0.15) is 134 Å². The summed E-state index contributed by atoms with van der Waals surface area (Å²) in [5.74, 6) is 1.33. The summed E-state index contributed by atoms with van der Waals surface area (Å²) in [6.07, 6.45) is -35.3. The van der Waals surface area contributed by atoms with Crippen molar-refractivity contribution in [1.82, 2.24) is 0 Å². The molecule has 22 fully saturated rings. The Hall–Kier alpha value is -0.420. The van der Waals surface area contributed by atoms with Gasteiger partial charge in [0.25, 0.3) is 0 Å². The fraction of sp³-hybridized carbons (Fsp3) is 1.00. The van der Waals surface area contributed by atoms with Crippen molar-refractivity contribution in [3.05, 3.63) is 0 Å². The summed E-state index contributed by atoms with van der Waals surface area (Å²) >= 11 is 2.80. The Kier molecular flexibility index (Phi) is 32.2. The fourth-order valence-corrected chi connectivity index (χ4v) is 14.5. The Morgan fingerprint density at radius 3 is 0.614 bits per heavy atom. The summed E-state index contributed by atoms with van der Waals surface area (Å²) in [7, 11) is 0. The molecule has 0 saturated carbocycles. The minimum absolute atomic E-state index is 0.0508. The number of hydrogen-bond donors (Lipinski definition) is 16. The van der Waals surface area contributed by atoms with Crippen molar-refractivity contribution < 1.29 is 139 Å². The first-order valence-corrected chi connectivity index (χ1v) is 34.3. The molecular formula is C58H104O28S2.